The van der Waals surface area contributed by atoms with Crippen LogP contribution in [0.3, 0.4) is 0 Å². The number of aromatic amines is 2. The molecule has 4 aromatic rings. The van der Waals surface area contributed by atoms with E-state index in [0.29, 0.717) is 17.5 Å². The van der Waals surface area contributed by atoms with Crippen LogP contribution in [0.2, 0.25) is 0 Å². The van der Waals surface area contributed by atoms with Gasteiger partial charge < -0.3 is 15.0 Å². The number of ether oxygens (including phenoxy) is 1. The highest BCUT2D eigenvalue weighted by Crippen LogP contribution is 2.47. The molecule has 39 heavy (non-hydrogen) atoms. The number of alkyl halides is 3. The fourth-order valence-electron chi connectivity index (χ4n) is 6.28. The van der Waals surface area contributed by atoms with Crippen molar-refractivity contribution in [1.82, 2.24) is 35.7 Å². The second-order valence-electron chi connectivity index (χ2n) is 10.6. The van der Waals surface area contributed by atoms with Crippen molar-refractivity contribution in [2.24, 2.45) is 5.41 Å². The maximum absolute atomic E-state index is 13.4. The van der Waals surface area contributed by atoms with Gasteiger partial charge in [-0.2, -0.15) is 23.4 Å². The van der Waals surface area contributed by atoms with E-state index in [-0.39, 0.29) is 28.2 Å². The average molecular weight is 541 g/mol. The van der Waals surface area contributed by atoms with Crippen molar-refractivity contribution in [1.29, 1.82) is 0 Å². The van der Waals surface area contributed by atoms with Gasteiger partial charge in [-0.25, -0.2) is 9.97 Å². The summed E-state index contributed by atoms with van der Waals surface area (Å²) in [6, 6.07) is 8.92. The van der Waals surface area contributed by atoms with Gasteiger partial charge in [0.2, 0.25) is 0 Å². The molecule has 206 valence electrons. The summed E-state index contributed by atoms with van der Waals surface area (Å²) in [5.74, 6) is 1.56. The smallest absolute Gasteiger partial charge is 0.433 e. The lowest BCUT2D eigenvalue weighted by molar-refractivity contribution is -0.140. The molecule has 1 aromatic carbocycles. The van der Waals surface area contributed by atoms with Crippen LogP contribution >= 0.6 is 0 Å². The minimum absolute atomic E-state index is 0.0774. The maximum atomic E-state index is 13.4. The van der Waals surface area contributed by atoms with Crippen LogP contribution in [0.5, 0.6) is 5.75 Å². The molecule has 2 aliphatic rings. The molecule has 2 atom stereocenters. The van der Waals surface area contributed by atoms with Crippen LogP contribution in [0.25, 0.3) is 22.4 Å². The van der Waals surface area contributed by atoms with Crippen molar-refractivity contribution in [3.05, 3.63) is 47.9 Å². The Morgan fingerprint density at radius 1 is 1.10 bits per heavy atom. The number of nitrogens with one attached hydrogen (secondary N) is 3. The van der Waals surface area contributed by atoms with Crippen molar-refractivity contribution in [3.63, 3.8) is 0 Å². The number of fused-ring (bicyclic) bond motifs is 1. The normalized spacial score (nSPS) is 20.1. The summed E-state index contributed by atoms with van der Waals surface area (Å²) < 4.78 is 45.4. The molecule has 9 nitrogen and oxygen atoms in total. The molecule has 1 aliphatic carbocycles. The standard InChI is InChI=1S/C27H31F3N8O/c1-16(17-5-7-18(39-2)8-6-17)33-20-4-3-9-26(20)10-12-38(13-11-26)21-15-31-23-22(35-37-25(23)34-21)19-14-32-36-24(19)27(28,29)30/h5-8,14-16,20,33H,3-4,9-13H2,1-2H3,(H,32,36)(H,34,35,37)/t16?,20-/m1/s1. The zero-order valence-electron chi connectivity index (χ0n) is 21.8. The van der Waals surface area contributed by atoms with E-state index in [2.05, 4.69) is 54.5 Å². The van der Waals surface area contributed by atoms with Crippen LogP contribution in [0.1, 0.15) is 56.3 Å². The van der Waals surface area contributed by atoms with E-state index in [1.54, 1.807) is 13.3 Å². The van der Waals surface area contributed by atoms with Crippen molar-refractivity contribution < 1.29 is 17.9 Å². The summed E-state index contributed by atoms with van der Waals surface area (Å²) in [7, 11) is 1.68. The first-order valence-corrected chi connectivity index (χ1v) is 13.2. The zero-order chi connectivity index (χ0) is 27.2. The van der Waals surface area contributed by atoms with E-state index >= 15 is 0 Å². The van der Waals surface area contributed by atoms with E-state index in [1.807, 2.05) is 17.2 Å². The van der Waals surface area contributed by atoms with Gasteiger partial charge >= 0.3 is 6.18 Å². The molecule has 1 saturated heterocycles. The lowest BCUT2D eigenvalue weighted by Gasteiger charge is -2.44. The highest BCUT2D eigenvalue weighted by molar-refractivity contribution is 5.88. The van der Waals surface area contributed by atoms with Crippen LogP contribution in [0.15, 0.2) is 36.7 Å². The maximum Gasteiger partial charge on any atom is 0.433 e. The minimum atomic E-state index is -4.58. The van der Waals surface area contributed by atoms with Crippen molar-refractivity contribution in [2.45, 2.75) is 57.3 Å². The largest absolute Gasteiger partial charge is 0.497 e. The van der Waals surface area contributed by atoms with Crippen molar-refractivity contribution in [3.8, 4) is 17.0 Å². The molecule has 6 rings (SSSR count). The Bertz CT molecular complexity index is 1440. The van der Waals surface area contributed by atoms with E-state index < -0.39 is 11.9 Å². The van der Waals surface area contributed by atoms with Gasteiger partial charge in [0.05, 0.1) is 25.1 Å². The number of hydrogen-bond acceptors (Lipinski definition) is 7. The second kappa shape index (κ2) is 9.82. The lowest BCUT2D eigenvalue weighted by Crippen LogP contribution is -2.49. The molecule has 0 radical (unpaired) electrons. The first-order chi connectivity index (χ1) is 18.8. The Morgan fingerprint density at radius 3 is 2.59 bits per heavy atom. The Balaban J connectivity index is 1.15. The summed E-state index contributed by atoms with van der Waals surface area (Å²) in [5, 5.41) is 16.3. The quantitative estimate of drug-likeness (QED) is 0.306. The third-order valence-corrected chi connectivity index (χ3v) is 8.49. The number of hydrogen-bond donors (Lipinski definition) is 3. The predicted molar refractivity (Wildman–Crippen MR) is 140 cm³/mol. The van der Waals surface area contributed by atoms with Crippen LogP contribution in [0, 0.1) is 5.41 Å². The number of halogens is 3. The van der Waals surface area contributed by atoms with E-state index in [9.17, 15) is 13.2 Å². The summed E-state index contributed by atoms with van der Waals surface area (Å²) in [5.41, 5.74) is 1.09. The van der Waals surface area contributed by atoms with Gasteiger partial charge in [0.15, 0.2) is 5.65 Å². The van der Waals surface area contributed by atoms with E-state index in [4.69, 9.17) is 4.74 Å². The first kappa shape index (κ1) is 25.6. The minimum Gasteiger partial charge on any atom is -0.497 e. The molecule has 4 heterocycles. The molecule has 1 unspecified atom stereocenters. The zero-order valence-corrected chi connectivity index (χ0v) is 21.8. The molecule has 1 spiro atoms. The third-order valence-electron chi connectivity index (χ3n) is 8.49. The van der Waals surface area contributed by atoms with E-state index in [1.165, 1.54) is 18.4 Å². The molecule has 2 fully saturated rings. The Hall–Kier alpha value is -3.67. The molecule has 0 amide bonds. The Kier molecular flexibility index (Phi) is 6.44. The number of nitrogens with zero attached hydrogens (tertiary/aromatic N) is 5. The van der Waals surface area contributed by atoms with Gasteiger partial charge in [0, 0.05) is 25.2 Å². The Morgan fingerprint density at radius 2 is 1.87 bits per heavy atom. The van der Waals surface area contributed by atoms with Crippen molar-refractivity contribution in [2.75, 3.05) is 25.1 Å². The number of rotatable bonds is 6. The number of aromatic nitrogens is 6. The number of anilines is 1. The van der Waals surface area contributed by atoms with E-state index in [0.717, 1.165) is 44.3 Å². The highest BCUT2D eigenvalue weighted by Gasteiger charge is 2.45. The number of H-pyrrole nitrogens is 2. The van der Waals surface area contributed by atoms with Gasteiger partial charge in [-0.1, -0.05) is 18.6 Å². The number of benzene rings is 1. The molecule has 1 aliphatic heterocycles. The fourth-order valence-corrected chi connectivity index (χ4v) is 6.28. The molecule has 0 bridgehead atoms. The average Bonchev–Trinajstić information content (AvgIpc) is 3.68. The second-order valence-corrected chi connectivity index (χ2v) is 10.6. The fraction of sp³-hybridized carbons (Fsp3) is 0.481. The number of methoxy groups -OCH3 is 1. The third kappa shape index (κ3) is 4.70. The summed E-state index contributed by atoms with van der Waals surface area (Å²) >= 11 is 0. The molecule has 3 aromatic heterocycles. The summed E-state index contributed by atoms with van der Waals surface area (Å²) in [6.45, 7) is 3.90. The number of piperidine rings is 1. The summed E-state index contributed by atoms with van der Waals surface area (Å²) in [4.78, 5) is 11.3. The van der Waals surface area contributed by atoms with Crippen LogP contribution in [0.4, 0.5) is 19.0 Å². The first-order valence-electron chi connectivity index (χ1n) is 13.2. The van der Waals surface area contributed by atoms with Crippen molar-refractivity contribution >= 4 is 17.0 Å². The molecule has 12 heteroatoms. The van der Waals surface area contributed by atoms with Crippen LogP contribution in [-0.4, -0.2) is 56.6 Å². The van der Waals surface area contributed by atoms with Gasteiger partial charge in [-0.3, -0.25) is 10.2 Å². The van der Waals surface area contributed by atoms with Crippen LogP contribution in [-0.2, 0) is 6.18 Å². The lowest BCUT2D eigenvalue weighted by atomic mass is 9.73. The monoisotopic (exact) mass is 540 g/mol. The van der Waals surface area contributed by atoms with Gasteiger partial charge in [-0.15, -0.1) is 0 Å². The molecule has 1 saturated carbocycles. The topological polar surface area (TPSA) is 108 Å². The highest BCUT2D eigenvalue weighted by atomic mass is 19.4. The predicted octanol–water partition coefficient (Wildman–Crippen LogP) is 5.26. The summed E-state index contributed by atoms with van der Waals surface area (Å²) in [6.07, 6.45) is 3.82. The molecular weight excluding hydrogens is 509 g/mol. The SMILES string of the molecule is COc1ccc(C(C)N[C@@H]2CCCC23CCN(c2cnc4c(-c5cn[nH]c5C(F)(F)F)n[nH]c4n2)CC3)cc1. The molecule has 3 N–H and O–H groups in total. The molecular formula is C27H31F3N8O. The van der Waals surface area contributed by atoms with Gasteiger partial charge in [-0.05, 0) is 55.7 Å². The van der Waals surface area contributed by atoms with Gasteiger partial charge in [0.25, 0.3) is 0 Å². The van der Waals surface area contributed by atoms with Gasteiger partial charge in [0.1, 0.15) is 28.5 Å². The van der Waals surface area contributed by atoms with Crippen LogP contribution < -0.4 is 15.0 Å². The Labute approximate surface area is 223 Å².